The van der Waals surface area contributed by atoms with Crippen LogP contribution in [0.15, 0.2) is 24.3 Å². The van der Waals surface area contributed by atoms with Gasteiger partial charge in [-0.15, -0.1) is 0 Å². The van der Waals surface area contributed by atoms with Gasteiger partial charge in [0, 0.05) is 19.7 Å². The zero-order chi connectivity index (χ0) is 15.5. The number of nitrogens with one attached hydrogen (secondary N) is 2. The maximum absolute atomic E-state index is 11.5. The van der Waals surface area contributed by atoms with E-state index in [-0.39, 0.29) is 12.1 Å². The summed E-state index contributed by atoms with van der Waals surface area (Å²) in [5, 5.41) is 5.65. The van der Waals surface area contributed by atoms with Crippen molar-refractivity contribution < 1.29 is 14.3 Å². The topological polar surface area (TPSA) is 59.6 Å². The van der Waals surface area contributed by atoms with Gasteiger partial charge in [0.1, 0.15) is 5.75 Å². The van der Waals surface area contributed by atoms with Crippen LogP contribution in [-0.4, -0.2) is 38.9 Å². The minimum Gasteiger partial charge on any atom is -0.497 e. The molecular weight excluding hydrogens is 268 g/mol. The fraction of sp³-hybridized carbons (Fsp3) is 0.562. The fourth-order valence-electron chi connectivity index (χ4n) is 1.77. The van der Waals surface area contributed by atoms with Crippen molar-refractivity contribution in [3.8, 4) is 5.75 Å². The van der Waals surface area contributed by atoms with Gasteiger partial charge in [-0.2, -0.15) is 0 Å². The van der Waals surface area contributed by atoms with Crippen LogP contribution in [0.3, 0.4) is 0 Å². The molecule has 0 bridgehead atoms. The minimum atomic E-state index is -0.131. The molecule has 0 atom stereocenters. The molecule has 1 aromatic carbocycles. The normalized spacial score (nSPS) is 10.5. The number of rotatable bonds is 9. The lowest BCUT2D eigenvalue weighted by atomic mass is 10.1. The first-order chi connectivity index (χ1) is 10.1. The first kappa shape index (κ1) is 17.3. The SMILES string of the molecule is COc1ccc(CCNC(=O)NCCCOC(C)C)cc1. The number of benzene rings is 1. The van der Waals surface area contributed by atoms with Crippen LogP contribution in [0, 0.1) is 0 Å². The lowest BCUT2D eigenvalue weighted by Gasteiger charge is -2.09. The summed E-state index contributed by atoms with van der Waals surface area (Å²) < 4.78 is 10.5. The summed E-state index contributed by atoms with van der Waals surface area (Å²) in [6.45, 7) is 5.91. The lowest BCUT2D eigenvalue weighted by molar-refractivity contribution is 0.0774. The molecule has 2 N–H and O–H groups in total. The van der Waals surface area contributed by atoms with Crippen molar-refractivity contribution in [2.75, 3.05) is 26.8 Å². The van der Waals surface area contributed by atoms with E-state index in [1.165, 1.54) is 5.56 Å². The third kappa shape index (κ3) is 8.19. The molecule has 0 fully saturated rings. The summed E-state index contributed by atoms with van der Waals surface area (Å²) in [4.78, 5) is 11.5. The number of carbonyl (C=O) groups excluding carboxylic acids is 1. The molecule has 0 saturated heterocycles. The lowest BCUT2D eigenvalue weighted by Crippen LogP contribution is -2.37. The van der Waals surface area contributed by atoms with Crippen molar-refractivity contribution in [3.05, 3.63) is 29.8 Å². The third-order valence-electron chi connectivity index (χ3n) is 2.92. The average Bonchev–Trinajstić information content (AvgIpc) is 2.47. The number of hydrogen-bond acceptors (Lipinski definition) is 3. The highest BCUT2D eigenvalue weighted by atomic mass is 16.5. The molecule has 1 aromatic rings. The first-order valence-electron chi connectivity index (χ1n) is 7.38. The van der Waals surface area contributed by atoms with E-state index < -0.39 is 0 Å². The Bertz CT molecular complexity index is 404. The molecule has 0 saturated carbocycles. The van der Waals surface area contributed by atoms with E-state index in [1.807, 2.05) is 38.1 Å². The van der Waals surface area contributed by atoms with Crippen LogP contribution in [0.2, 0.25) is 0 Å². The van der Waals surface area contributed by atoms with E-state index in [4.69, 9.17) is 9.47 Å². The Morgan fingerprint density at radius 3 is 2.43 bits per heavy atom. The molecule has 0 heterocycles. The second-order valence-corrected chi connectivity index (χ2v) is 5.05. The number of carbonyl (C=O) groups is 1. The molecule has 1 rings (SSSR count). The fourth-order valence-corrected chi connectivity index (χ4v) is 1.77. The molecule has 0 aromatic heterocycles. The van der Waals surface area contributed by atoms with Crippen LogP contribution in [0.5, 0.6) is 5.75 Å². The van der Waals surface area contributed by atoms with Crippen molar-refractivity contribution in [1.82, 2.24) is 10.6 Å². The predicted octanol–water partition coefficient (Wildman–Crippen LogP) is 2.35. The summed E-state index contributed by atoms with van der Waals surface area (Å²) in [7, 11) is 1.65. The summed E-state index contributed by atoms with van der Waals surface area (Å²) in [5.74, 6) is 0.841. The number of urea groups is 1. The van der Waals surface area contributed by atoms with E-state index >= 15 is 0 Å². The van der Waals surface area contributed by atoms with E-state index in [1.54, 1.807) is 7.11 Å². The summed E-state index contributed by atoms with van der Waals surface area (Å²) >= 11 is 0. The maximum Gasteiger partial charge on any atom is 0.314 e. The average molecular weight is 294 g/mol. The van der Waals surface area contributed by atoms with Gasteiger partial charge in [-0.1, -0.05) is 12.1 Å². The quantitative estimate of drug-likeness (QED) is 0.687. The van der Waals surface area contributed by atoms with Crippen LogP contribution < -0.4 is 15.4 Å². The van der Waals surface area contributed by atoms with Gasteiger partial charge in [0.15, 0.2) is 0 Å². The molecule has 5 nitrogen and oxygen atoms in total. The Morgan fingerprint density at radius 2 is 1.81 bits per heavy atom. The van der Waals surface area contributed by atoms with Crippen LogP contribution in [0.1, 0.15) is 25.8 Å². The van der Waals surface area contributed by atoms with Crippen molar-refractivity contribution >= 4 is 6.03 Å². The smallest absolute Gasteiger partial charge is 0.314 e. The maximum atomic E-state index is 11.5. The highest BCUT2D eigenvalue weighted by Gasteiger charge is 2.00. The summed E-state index contributed by atoms with van der Waals surface area (Å²) in [5.41, 5.74) is 1.17. The second-order valence-electron chi connectivity index (χ2n) is 5.05. The number of ether oxygens (including phenoxy) is 2. The molecule has 118 valence electrons. The molecule has 5 heteroatoms. The molecule has 0 aliphatic carbocycles. The Kier molecular flexibility index (Phi) is 8.28. The molecule has 0 spiro atoms. The number of hydrogen-bond donors (Lipinski definition) is 2. The second kappa shape index (κ2) is 10.0. The van der Waals surface area contributed by atoms with E-state index in [0.717, 1.165) is 18.6 Å². The zero-order valence-electron chi connectivity index (χ0n) is 13.1. The van der Waals surface area contributed by atoms with Crippen LogP contribution in [0.4, 0.5) is 4.79 Å². The number of methoxy groups -OCH3 is 1. The van der Waals surface area contributed by atoms with Crippen LogP contribution in [0.25, 0.3) is 0 Å². The highest BCUT2D eigenvalue weighted by molar-refractivity contribution is 5.73. The van der Waals surface area contributed by atoms with Crippen molar-refractivity contribution in [2.45, 2.75) is 32.8 Å². The van der Waals surface area contributed by atoms with Crippen molar-refractivity contribution in [1.29, 1.82) is 0 Å². The van der Waals surface area contributed by atoms with Gasteiger partial charge in [-0.25, -0.2) is 4.79 Å². The van der Waals surface area contributed by atoms with Gasteiger partial charge in [0.25, 0.3) is 0 Å². The molecule has 0 aliphatic heterocycles. The van der Waals surface area contributed by atoms with E-state index in [0.29, 0.717) is 19.7 Å². The Balaban J connectivity index is 2.07. The molecule has 2 amide bonds. The van der Waals surface area contributed by atoms with Crippen LogP contribution in [-0.2, 0) is 11.2 Å². The van der Waals surface area contributed by atoms with Gasteiger partial charge in [0.2, 0.25) is 0 Å². The van der Waals surface area contributed by atoms with Crippen molar-refractivity contribution in [2.24, 2.45) is 0 Å². The van der Waals surface area contributed by atoms with E-state index in [2.05, 4.69) is 10.6 Å². The predicted molar refractivity (Wildman–Crippen MR) is 83.8 cm³/mol. The van der Waals surface area contributed by atoms with Gasteiger partial charge in [-0.3, -0.25) is 0 Å². The molecule has 0 aliphatic rings. The number of amides is 2. The Hall–Kier alpha value is -1.75. The van der Waals surface area contributed by atoms with Gasteiger partial charge in [0.05, 0.1) is 13.2 Å². The largest absolute Gasteiger partial charge is 0.497 e. The standard InChI is InChI=1S/C16H26N2O3/c1-13(2)21-12-4-10-17-16(19)18-11-9-14-5-7-15(20-3)8-6-14/h5-8,13H,4,9-12H2,1-3H3,(H2,17,18,19). The molecule has 21 heavy (non-hydrogen) atoms. The summed E-state index contributed by atoms with van der Waals surface area (Å²) in [6, 6.07) is 7.71. The third-order valence-corrected chi connectivity index (χ3v) is 2.92. The van der Waals surface area contributed by atoms with Gasteiger partial charge < -0.3 is 20.1 Å². The molecular formula is C16H26N2O3. The monoisotopic (exact) mass is 294 g/mol. The Morgan fingerprint density at radius 1 is 1.14 bits per heavy atom. The highest BCUT2D eigenvalue weighted by Crippen LogP contribution is 2.11. The molecule has 0 unspecified atom stereocenters. The van der Waals surface area contributed by atoms with E-state index in [9.17, 15) is 4.79 Å². The summed E-state index contributed by atoms with van der Waals surface area (Å²) in [6.07, 6.45) is 1.86. The van der Waals surface area contributed by atoms with Crippen molar-refractivity contribution in [3.63, 3.8) is 0 Å². The molecule has 0 radical (unpaired) electrons. The van der Waals surface area contributed by atoms with Crippen LogP contribution >= 0.6 is 0 Å². The van der Waals surface area contributed by atoms with Gasteiger partial charge >= 0.3 is 6.03 Å². The zero-order valence-corrected chi connectivity index (χ0v) is 13.1. The Labute approximate surface area is 127 Å². The minimum absolute atomic E-state index is 0.131. The van der Waals surface area contributed by atoms with Gasteiger partial charge in [-0.05, 0) is 44.4 Å². The first-order valence-corrected chi connectivity index (χ1v) is 7.38.